The van der Waals surface area contributed by atoms with Gasteiger partial charge in [0.25, 0.3) is 0 Å². The van der Waals surface area contributed by atoms with E-state index in [1.165, 1.54) is 5.56 Å². The summed E-state index contributed by atoms with van der Waals surface area (Å²) < 4.78 is 0. The van der Waals surface area contributed by atoms with Crippen molar-refractivity contribution in [3.63, 3.8) is 0 Å². The fourth-order valence-electron chi connectivity index (χ4n) is 2.04. The lowest BCUT2D eigenvalue weighted by Crippen LogP contribution is -2.11. The van der Waals surface area contributed by atoms with Gasteiger partial charge in [-0.3, -0.25) is 0 Å². The largest absolute Gasteiger partial charge is 0.363 e. The number of nitrogens with zero attached hydrogens (tertiary/aromatic N) is 2. The molecule has 1 N–H and O–H groups in total. The van der Waals surface area contributed by atoms with Gasteiger partial charge in [-0.05, 0) is 25.8 Å². The first-order valence-corrected chi connectivity index (χ1v) is 7.34. The maximum atomic E-state index is 6.19. The normalized spacial score (nSPS) is 12.2. The number of aryl methyl sites for hydroxylation is 1. The molecule has 0 radical (unpaired) electrons. The lowest BCUT2D eigenvalue weighted by Gasteiger charge is -2.17. The monoisotopic (exact) mass is 289 g/mol. The summed E-state index contributed by atoms with van der Waals surface area (Å²) in [5, 5.41) is 3.96. The van der Waals surface area contributed by atoms with Gasteiger partial charge in [0, 0.05) is 18.0 Å². The van der Waals surface area contributed by atoms with Gasteiger partial charge < -0.3 is 5.32 Å². The molecule has 0 fully saturated rings. The van der Waals surface area contributed by atoms with Crippen molar-refractivity contribution >= 4 is 17.4 Å². The van der Waals surface area contributed by atoms with Crippen LogP contribution in [0.4, 0.5) is 5.82 Å². The van der Waals surface area contributed by atoms with Gasteiger partial charge in [0.15, 0.2) is 0 Å². The predicted molar refractivity (Wildman–Crippen MR) is 84.3 cm³/mol. The van der Waals surface area contributed by atoms with E-state index in [4.69, 9.17) is 11.6 Å². The summed E-state index contributed by atoms with van der Waals surface area (Å²) in [6, 6.07) is 10.5. The first-order valence-electron chi connectivity index (χ1n) is 6.96. The van der Waals surface area contributed by atoms with Gasteiger partial charge in [0.1, 0.15) is 16.8 Å². The molecule has 1 unspecified atom stereocenters. The molecule has 1 atom stereocenters. The number of hydrogen-bond acceptors (Lipinski definition) is 3. The quantitative estimate of drug-likeness (QED) is 0.820. The molecule has 0 amide bonds. The van der Waals surface area contributed by atoms with Crippen molar-refractivity contribution in [3.8, 4) is 0 Å². The summed E-state index contributed by atoms with van der Waals surface area (Å²) in [7, 11) is 0. The molecule has 0 spiro atoms. The van der Waals surface area contributed by atoms with Gasteiger partial charge in [0.2, 0.25) is 0 Å². The highest BCUT2D eigenvalue weighted by molar-refractivity contribution is 6.30. The third kappa shape index (κ3) is 3.48. The Bertz CT molecular complexity index is 569. The second-order valence-electron chi connectivity index (χ2n) is 4.93. The Hall–Kier alpha value is -1.61. The number of aromatic nitrogens is 2. The van der Waals surface area contributed by atoms with E-state index < -0.39 is 0 Å². The summed E-state index contributed by atoms with van der Waals surface area (Å²) in [5.41, 5.74) is 2.12. The van der Waals surface area contributed by atoms with E-state index in [9.17, 15) is 0 Å². The molecule has 1 aromatic heterocycles. The maximum Gasteiger partial charge on any atom is 0.137 e. The van der Waals surface area contributed by atoms with Gasteiger partial charge in [-0.25, -0.2) is 9.97 Å². The first kappa shape index (κ1) is 14.8. The number of hydrogen-bond donors (Lipinski definition) is 1. The zero-order valence-corrected chi connectivity index (χ0v) is 12.9. The van der Waals surface area contributed by atoms with Crippen LogP contribution >= 0.6 is 11.6 Å². The summed E-state index contributed by atoms with van der Waals surface area (Å²) >= 11 is 6.19. The molecule has 1 heterocycles. The Kier molecular flexibility index (Phi) is 4.96. The third-order valence-electron chi connectivity index (χ3n) is 3.26. The van der Waals surface area contributed by atoms with E-state index in [2.05, 4.69) is 41.3 Å². The van der Waals surface area contributed by atoms with Crippen molar-refractivity contribution < 1.29 is 0 Å². The highest BCUT2D eigenvalue weighted by atomic mass is 35.5. The maximum absolute atomic E-state index is 6.19. The van der Waals surface area contributed by atoms with Crippen LogP contribution in [0.1, 0.15) is 43.3 Å². The molecule has 2 aromatic rings. The van der Waals surface area contributed by atoms with Gasteiger partial charge in [-0.15, -0.1) is 0 Å². The van der Waals surface area contributed by atoms with E-state index >= 15 is 0 Å². The molecule has 2 rings (SSSR count). The first-order chi connectivity index (χ1) is 9.61. The Labute approximate surface area is 125 Å². The van der Waals surface area contributed by atoms with Crippen LogP contribution in [-0.2, 0) is 6.42 Å². The van der Waals surface area contributed by atoms with E-state index in [0.717, 1.165) is 30.0 Å². The van der Waals surface area contributed by atoms with Crippen LogP contribution in [0.2, 0.25) is 5.15 Å². The smallest absolute Gasteiger partial charge is 0.137 e. The van der Waals surface area contributed by atoms with Crippen molar-refractivity contribution in [2.24, 2.45) is 0 Å². The molecule has 0 aliphatic rings. The third-order valence-corrected chi connectivity index (χ3v) is 3.63. The second kappa shape index (κ2) is 6.71. The molecular formula is C16H20ClN3. The number of benzene rings is 1. The van der Waals surface area contributed by atoms with Crippen molar-refractivity contribution in [3.05, 3.63) is 52.4 Å². The molecule has 3 nitrogen and oxygen atoms in total. The fourth-order valence-corrected chi connectivity index (χ4v) is 2.23. The van der Waals surface area contributed by atoms with Crippen LogP contribution in [0, 0.1) is 6.92 Å². The Morgan fingerprint density at radius 1 is 1.20 bits per heavy atom. The minimum Gasteiger partial charge on any atom is -0.363 e. The van der Waals surface area contributed by atoms with E-state index in [-0.39, 0.29) is 6.04 Å². The van der Waals surface area contributed by atoms with Crippen molar-refractivity contribution in [2.45, 2.75) is 39.7 Å². The second-order valence-corrected chi connectivity index (χ2v) is 5.29. The fraction of sp³-hybridized carbons (Fsp3) is 0.375. The minimum absolute atomic E-state index is 0.176. The molecular weight excluding hydrogens is 270 g/mol. The highest BCUT2D eigenvalue weighted by Gasteiger charge is 2.12. The molecule has 0 aliphatic carbocycles. The Balaban J connectivity index is 2.24. The number of nitrogens with one attached hydrogen (secondary N) is 1. The number of halogens is 1. The van der Waals surface area contributed by atoms with E-state index in [0.29, 0.717) is 5.15 Å². The zero-order chi connectivity index (χ0) is 14.5. The van der Waals surface area contributed by atoms with Gasteiger partial charge in [-0.1, -0.05) is 48.9 Å². The summed E-state index contributed by atoms with van der Waals surface area (Å²) in [5.74, 6) is 1.62. The number of rotatable bonds is 5. The minimum atomic E-state index is 0.176. The summed E-state index contributed by atoms with van der Waals surface area (Å²) in [6.07, 6.45) is 1.85. The lowest BCUT2D eigenvalue weighted by molar-refractivity contribution is 0.814. The molecule has 0 bridgehead atoms. The SMILES string of the molecule is CCCc1nc(Cl)c(C)c(NC(C)c2ccccc2)n1. The van der Waals surface area contributed by atoms with Crippen LogP contribution in [0.15, 0.2) is 30.3 Å². The van der Waals surface area contributed by atoms with Crippen molar-refractivity contribution in [1.29, 1.82) is 0 Å². The zero-order valence-electron chi connectivity index (χ0n) is 12.2. The number of anilines is 1. The average molecular weight is 290 g/mol. The molecule has 0 saturated carbocycles. The molecule has 20 heavy (non-hydrogen) atoms. The van der Waals surface area contributed by atoms with Gasteiger partial charge in [0.05, 0.1) is 0 Å². The molecule has 1 aromatic carbocycles. The van der Waals surface area contributed by atoms with Crippen molar-refractivity contribution in [2.75, 3.05) is 5.32 Å². The lowest BCUT2D eigenvalue weighted by atomic mass is 10.1. The van der Waals surface area contributed by atoms with Crippen LogP contribution < -0.4 is 5.32 Å². The van der Waals surface area contributed by atoms with E-state index in [1.807, 2.05) is 25.1 Å². The summed E-state index contributed by atoms with van der Waals surface area (Å²) in [6.45, 7) is 6.17. The van der Waals surface area contributed by atoms with Crippen LogP contribution in [-0.4, -0.2) is 9.97 Å². The molecule has 0 aliphatic heterocycles. The highest BCUT2D eigenvalue weighted by Crippen LogP contribution is 2.24. The van der Waals surface area contributed by atoms with Gasteiger partial charge in [-0.2, -0.15) is 0 Å². The van der Waals surface area contributed by atoms with Crippen LogP contribution in [0.3, 0.4) is 0 Å². The van der Waals surface area contributed by atoms with E-state index in [1.54, 1.807) is 0 Å². The van der Waals surface area contributed by atoms with Crippen LogP contribution in [0.25, 0.3) is 0 Å². The predicted octanol–water partition coefficient (Wildman–Crippen LogP) is 4.56. The molecule has 0 saturated heterocycles. The van der Waals surface area contributed by atoms with Crippen LogP contribution in [0.5, 0.6) is 0 Å². The average Bonchev–Trinajstić information content (AvgIpc) is 2.45. The standard InChI is InChI=1S/C16H20ClN3/c1-4-8-14-19-15(17)11(2)16(20-14)18-12(3)13-9-6-5-7-10-13/h5-7,9-10,12H,4,8H2,1-3H3,(H,18,19,20). The molecule has 4 heteroatoms. The summed E-state index contributed by atoms with van der Waals surface area (Å²) in [4.78, 5) is 8.90. The Morgan fingerprint density at radius 2 is 1.90 bits per heavy atom. The Morgan fingerprint density at radius 3 is 2.55 bits per heavy atom. The van der Waals surface area contributed by atoms with Gasteiger partial charge >= 0.3 is 0 Å². The van der Waals surface area contributed by atoms with Crippen molar-refractivity contribution in [1.82, 2.24) is 9.97 Å². The molecule has 106 valence electrons. The topological polar surface area (TPSA) is 37.8 Å².